The van der Waals surface area contributed by atoms with E-state index in [0.717, 1.165) is 16.7 Å². The molecule has 0 fully saturated rings. The number of aromatic nitrogens is 1. The number of thiazole rings is 1. The van der Waals surface area contributed by atoms with Crippen LogP contribution in [-0.4, -0.2) is 10.8 Å². The van der Waals surface area contributed by atoms with E-state index in [0.29, 0.717) is 10.6 Å². The molecule has 0 N–H and O–H groups in total. The molecule has 3 aromatic rings. The van der Waals surface area contributed by atoms with E-state index in [4.69, 9.17) is 4.42 Å². The van der Waals surface area contributed by atoms with Gasteiger partial charge in [0.05, 0.1) is 11.2 Å². The zero-order chi connectivity index (χ0) is 11.8. The van der Waals surface area contributed by atoms with Crippen molar-refractivity contribution in [2.24, 2.45) is 0 Å². The molecule has 0 spiro atoms. The molecule has 2 aromatic heterocycles. The third-order valence-corrected chi connectivity index (χ3v) is 3.53. The van der Waals surface area contributed by atoms with Gasteiger partial charge in [0.1, 0.15) is 10.5 Å². The minimum Gasteiger partial charge on any atom is -0.453 e. The van der Waals surface area contributed by atoms with Gasteiger partial charge in [0, 0.05) is 5.39 Å². The van der Waals surface area contributed by atoms with Crippen molar-refractivity contribution >= 4 is 28.1 Å². The smallest absolute Gasteiger partial charge is 0.240 e. The van der Waals surface area contributed by atoms with Crippen LogP contribution in [0, 0.1) is 6.92 Å². The summed E-state index contributed by atoms with van der Waals surface area (Å²) >= 11 is 1.34. The summed E-state index contributed by atoms with van der Waals surface area (Å²) in [6, 6.07) is 9.36. The Morgan fingerprint density at radius 2 is 2.18 bits per heavy atom. The first-order chi connectivity index (χ1) is 8.25. The van der Waals surface area contributed by atoms with Crippen molar-refractivity contribution in [1.82, 2.24) is 4.98 Å². The second kappa shape index (κ2) is 3.82. The van der Waals surface area contributed by atoms with Crippen LogP contribution in [-0.2, 0) is 0 Å². The van der Waals surface area contributed by atoms with Gasteiger partial charge in [0.25, 0.3) is 0 Å². The lowest BCUT2D eigenvalue weighted by molar-refractivity contribution is 0.101. The van der Waals surface area contributed by atoms with Crippen molar-refractivity contribution in [3.8, 4) is 0 Å². The highest BCUT2D eigenvalue weighted by Gasteiger charge is 2.18. The number of nitrogens with zero attached hydrogens (tertiary/aromatic N) is 1. The topological polar surface area (TPSA) is 43.1 Å². The Hall–Kier alpha value is -1.94. The molecule has 0 aliphatic carbocycles. The molecule has 17 heavy (non-hydrogen) atoms. The van der Waals surface area contributed by atoms with Crippen molar-refractivity contribution in [2.75, 3.05) is 0 Å². The minimum absolute atomic E-state index is 0.0961. The number of carbonyl (C=O) groups excluding carboxylic acids is 1. The van der Waals surface area contributed by atoms with Gasteiger partial charge in [-0.15, -0.1) is 11.3 Å². The molecule has 0 atom stereocenters. The molecule has 3 nitrogen and oxygen atoms in total. The average Bonchev–Trinajstić information content (AvgIpc) is 2.93. The van der Waals surface area contributed by atoms with Crippen molar-refractivity contribution in [3.63, 3.8) is 0 Å². The molecule has 0 amide bonds. The van der Waals surface area contributed by atoms with Crippen LogP contribution in [0.1, 0.15) is 21.1 Å². The van der Waals surface area contributed by atoms with Gasteiger partial charge in [-0.3, -0.25) is 4.79 Å². The average molecular weight is 243 g/mol. The predicted molar refractivity (Wildman–Crippen MR) is 66.5 cm³/mol. The van der Waals surface area contributed by atoms with Gasteiger partial charge in [0.2, 0.25) is 5.78 Å². The number of hydrogen-bond donors (Lipinski definition) is 0. The van der Waals surface area contributed by atoms with Gasteiger partial charge in [-0.05, 0) is 19.1 Å². The zero-order valence-electron chi connectivity index (χ0n) is 9.14. The summed E-state index contributed by atoms with van der Waals surface area (Å²) in [5.74, 6) is 0.278. The summed E-state index contributed by atoms with van der Waals surface area (Å²) in [5.41, 5.74) is 3.16. The van der Waals surface area contributed by atoms with E-state index in [1.54, 1.807) is 11.6 Å². The van der Waals surface area contributed by atoms with Gasteiger partial charge < -0.3 is 4.42 Å². The Morgan fingerprint density at radius 1 is 1.35 bits per heavy atom. The maximum absolute atomic E-state index is 12.2. The highest BCUT2D eigenvalue weighted by Crippen LogP contribution is 2.23. The number of ketones is 1. The molecule has 0 radical (unpaired) electrons. The molecule has 0 saturated carbocycles. The minimum atomic E-state index is -0.0961. The molecule has 0 saturated heterocycles. The van der Waals surface area contributed by atoms with Crippen molar-refractivity contribution in [2.45, 2.75) is 6.92 Å². The van der Waals surface area contributed by atoms with Crippen molar-refractivity contribution < 1.29 is 9.21 Å². The Bertz CT molecular complexity index is 663. The molecular formula is C13H9NO2S. The van der Waals surface area contributed by atoms with Crippen LogP contribution in [0.25, 0.3) is 11.0 Å². The Kier molecular flexibility index (Phi) is 2.30. The fourth-order valence-electron chi connectivity index (χ4n) is 1.73. The van der Waals surface area contributed by atoms with Crippen LogP contribution in [0.5, 0.6) is 0 Å². The first kappa shape index (κ1) is 10.2. The quantitative estimate of drug-likeness (QED) is 0.647. The van der Waals surface area contributed by atoms with E-state index in [1.807, 2.05) is 31.2 Å². The van der Waals surface area contributed by atoms with E-state index >= 15 is 0 Å². The molecular weight excluding hydrogens is 234 g/mol. The van der Waals surface area contributed by atoms with Crippen LogP contribution in [0.2, 0.25) is 0 Å². The zero-order valence-corrected chi connectivity index (χ0v) is 9.95. The predicted octanol–water partition coefficient (Wildman–Crippen LogP) is 3.43. The second-order valence-corrected chi connectivity index (χ2v) is 4.60. The Morgan fingerprint density at radius 3 is 2.88 bits per heavy atom. The second-order valence-electron chi connectivity index (χ2n) is 3.74. The maximum atomic E-state index is 12.2. The Balaban J connectivity index is 2.10. The number of hydrogen-bond acceptors (Lipinski definition) is 4. The number of para-hydroxylation sites is 1. The third-order valence-electron chi connectivity index (χ3n) is 2.60. The monoisotopic (exact) mass is 243 g/mol. The van der Waals surface area contributed by atoms with Crippen molar-refractivity contribution in [3.05, 3.63) is 52.2 Å². The Labute approximate surface area is 102 Å². The molecule has 0 aliphatic rings. The van der Waals surface area contributed by atoms with Crippen LogP contribution < -0.4 is 0 Å². The lowest BCUT2D eigenvalue weighted by Gasteiger charge is -1.93. The number of carbonyl (C=O) groups is 1. The van der Waals surface area contributed by atoms with Gasteiger partial charge in [-0.1, -0.05) is 18.2 Å². The van der Waals surface area contributed by atoms with Gasteiger partial charge in [-0.2, -0.15) is 0 Å². The fraction of sp³-hybridized carbons (Fsp3) is 0.0769. The van der Waals surface area contributed by atoms with E-state index in [-0.39, 0.29) is 5.78 Å². The molecule has 0 aliphatic heterocycles. The van der Waals surface area contributed by atoms with E-state index < -0.39 is 0 Å². The summed E-state index contributed by atoms with van der Waals surface area (Å²) in [5, 5.41) is 0.943. The molecule has 3 rings (SSSR count). The molecule has 1 aromatic carbocycles. The highest BCUT2D eigenvalue weighted by atomic mass is 32.1. The fourth-order valence-corrected chi connectivity index (χ4v) is 2.47. The van der Waals surface area contributed by atoms with E-state index in [2.05, 4.69) is 4.98 Å². The normalized spacial score (nSPS) is 10.9. The molecule has 0 bridgehead atoms. The maximum Gasteiger partial charge on any atom is 0.240 e. The summed E-state index contributed by atoms with van der Waals surface area (Å²) in [6.45, 7) is 1.83. The molecule has 4 heteroatoms. The van der Waals surface area contributed by atoms with Crippen molar-refractivity contribution in [1.29, 1.82) is 0 Å². The number of rotatable bonds is 2. The number of benzene rings is 1. The summed E-state index contributed by atoms with van der Waals surface area (Å²) < 4.78 is 5.54. The molecule has 0 unspecified atom stereocenters. The lowest BCUT2D eigenvalue weighted by atomic mass is 10.2. The van der Waals surface area contributed by atoms with Gasteiger partial charge in [-0.25, -0.2) is 4.98 Å². The van der Waals surface area contributed by atoms with Crippen LogP contribution in [0.15, 0.2) is 40.3 Å². The van der Waals surface area contributed by atoms with Gasteiger partial charge in [0.15, 0.2) is 5.76 Å². The van der Waals surface area contributed by atoms with Crippen LogP contribution in [0.4, 0.5) is 0 Å². The highest BCUT2D eigenvalue weighted by molar-refractivity contribution is 7.12. The lowest BCUT2D eigenvalue weighted by Crippen LogP contribution is -1.98. The SMILES string of the molecule is Cc1ncsc1C(=O)c1cc2ccccc2o1. The summed E-state index contributed by atoms with van der Waals surface area (Å²) in [6.07, 6.45) is 0. The summed E-state index contributed by atoms with van der Waals surface area (Å²) in [7, 11) is 0. The number of furan rings is 1. The van der Waals surface area contributed by atoms with E-state index in [1.165, 1.54) is 11.3 Å². The summed E-state index contributed by atoms with van der Waals surface area (Å²) in [4.78, 5) is 16.9. The van der Waals surface area contributed by atoms with E-state index in [9.17, 15) is 4.79 Å². The first-order valence-corrected chi connectivity index (χ1v) is 6.07. The number of aryl methyl sites for hydroxylation is 1. The van der Waals surface area contributed by atoms with Crippen LogP contribution >= 0.6 is 11.3 Å². The van der Waals surface area contributed by atoms with Crippen LogP contribution in [0.3, 0.4) is 0 Å². The number of fused-ring (bicyclic) bond motifs is 1. The van der Waals surface area contributed by atoms with Gasteiger partial charge >= 0.3 is 0 Å². The molecule has 2 heterocycles. The first-order valence-electron chi connectivity index (χ1n) is 5.19. The molecule has 84 valence electrons. The third kappa shape index (κ3) is 1.66. The standard InChI is InChI=1S/C13H9NO2S/c1-8-13(17-7-14-8)12(15)11-6-9-4-2-3-5-10(9)16-11/h2-7H,1H3. The largest absolute Gasteiger partial charge is 0.453 e.